The molecule has 25 heavy (non-hydrogen) atoms. The van der Waals surface area contributed by atoms with Crippen molar-refractivity contribution >= 4 is 0 Å². The third kappa shape index (κ3) is 2.27. The zero-order valence-electron chi connectivity index (χ0n) is 16.0. The van der Waals surface area contributed by atoms with E-state index in [2.05, 4.69) is 13.8 Å². The number of hydrogen-bond acceptors (Lipinski definition) is 4. The van der Waals surface area contributed by atoms with Crippen LogP contribution in [-0.4, -0.2) is 44.3 Å². The van der Waals surface area contributed by atoms with Crippen molar-refractivity contribution in [2.24, 2.45) is 34.5 Å². The van der Waals surface area contributed by atoms with Crippen LogP contribution in [0.4, 0.5) is 0 Å². The van der Waals surface area contributed by atoms with Crippen molar-refractivity contribution in [3.8, 4) is 0 Å². The quantitative estimate of drug-likeness (QED) is 0.584. The van der Waals surface area contributed by atoms with Crippen molar-refractivity contribution in [2.75, 3.05) is 0 Å². The van der Waals surface area contributed by atoms with Gasteiger partial charge in [-0.05, 0) is 87.4 Å². The summed E-state index contributed by atoms with van der Waals surface area (Å²) >= 11 is 0. The van der Waals surface area contributed by atoms with E-state index in [-0.39, 0.29) is 17.4 Å². The summed E-state index contributed by atoms with van der Waals surface area (Å²) in [5.74, 6) is 1.59. The molecule has 0 radical (unpaired) electrons. The van der Waals surface area contributed by atoms with Crippen molar-refractivity contribution < 1.29 is 20.4 Å². The first kappa shape index (κ1) is 18.2. The van der Waals surface area contributed by atoms with E-state index in [0.29, 0.717) is 30.6 Å². The summed E-state index contributed by atoms with van der Waals surface area (Å²) in [5, 5.41) is 42.9. The maximum atomic E-state index is 11.3. The molecule has 0 aromatic carbocycles. The lowest BCUT2D eigenvalue weighted by atomic mass is 9.43. The highest BCUT2D eigenvalue weighted by molar-refractivity contribution is 5.17. The minimum atomic E-state index is -1.08. The molecule has 4 nitrogen and oxygen atoms in total. The van der Waals surface area contributed by atoms with E-state index in [1.165, 1.54) is 0 Å². The second-order valence-electron chi connectivity index (χ2n) is 10.3. The van der Waals surface area contributed by atoms with E-state index < -0.39 is 23.2 Å². The minimum Gasteiger partial charge on any atom is -0.393 e. The molecule has 4 rings (SSSR count). The maximum Gasteiger partial charge on any atom is 0.0959 e. The van der Waals surface area contributed by atoms with Crippen molar-refractivity contribution in [1.82, 2.24) is 0 Å². The molecule has 0 heterocycles. The third-order valence-electron chi connectivity index (χ3n) is 9.48. The summed E-state index contributed by atoms with van der Waals surface area (Å²) < 4.78 is 0. The Morgan fingerprint density at radius 1 is 1.00 bits per heavy atom. The lowest BCUT2D eigenvalue weighted by Crippen LogP contribution is -2.63. The summed E-state index contributed by atoms with van der Waals surface area (Å²) in [4.78, 5) is 0. The van der Waals surface area contributed by atoms with Crippen LogP contribution in [0.3, 0.4) is 0 Å². The van der Waals surface area contributed by atoms with Crippen LogP contribution in [0.2, 0.25) is 0 Å². The first-order valence-corrected chi connectivity index (χ1v) is 10.4. The van der Waals surface area contributed by atoms with E-state index in [4.69, 9.17) is 0 Å². The van der Waals surface area contributed by atoms with E-state index >= 15 is 0 Å². The normalized spacial score (nSPS) is 59.6. The first-order chi connectivity index (χ1) is 11.6. The average Bonchev–Trinajstić information content (AvgIpc) is 2.80. The van der Waals surface area contributed by atoms with Crippen LogP contribution in [0.25, 0.3) is 0 Å². The monoisotopic (exact) mass is 352 g/mol. The largest absolute Gasteiger partial charge is 0.393 e. The molecule has 4 aliphatic rings. The molecule has 0 amide bonds. The molecule has 4 heteroatoms. The van der Waals surface area contributed by atoms with Crippen LogP contribution in [0.5, 0.6) is 0 Å². The van der Waals surface area contributed by atoms with Gasteiger partial charge in [-0.3, -0.25) is 0 Å². The number of aliphatic hydroxyl groups excluding tert-OH is 3. The van der Waals surface area contributed by atoms with Gasteiger partial charge in [-0.2, -0.15) is 0 Å². The minimum absolute atomic E-state index is 0.106. The summed E-state index contributed by atoms with van der Waals surface area (Å²) in [7, 11) is 0. The highest BCUT2D eigenvalue weighted by atomic mass is 16.3. The van der Waals surface area contributed by atoms with Crippen LogP contribution in [0.1, 0.15) is 72.1 Å². The van der Waals surface area contributed by atoms with Gasteiger partial charge in [0.2, 0.25) is 0 Å². The lowest BCUT2D eigenvalue weighted by molar-refractivity contribution is -0.218. The zero-order chi connectivity index (χ0) is 18.2. The molecule has 4 fully saturated rings. The molecular formula is C21H36O4. The van der Waals surface area contributed by atoms with Crippen LogP contribution in [-0.2, 0) is 0 Å². The topological polar surface area (TPSA) is 80.9 Å². The molecule has 0 aliphatic heterocycles. The Hall–Kier alpha value is -0.160. The van der Waals surface area contributed by atoms with Crippen LogP contribution in [0, 0.1) is 34.5 Å². The van der Waals surface area contributed by atoms with Crippen LogP contribution < -0.4 is 0 Å². The molecule has 4 aliphatic carbocycles. The Bertz CT molecular complexity index is 536. The number of fused-ring (bicyclic) bond motifs is 5. The summed E-state index contributed by atoms with van der Waals surface area (Å²) in [6.07, 6.45) is 5.77. The van der Waals surface area contributed by atoms with Crippen molar-refractivity contribution in [2.45, 2.75) is 96.1 Å². The van der Waals surface area contributed by atoms with Gasteiger partial charge in [-0.1, -0.05) is 13.8 Å². The predicted molar refractivity (Wildman–Crippen MR) is 95.8 cm³/mol. The van der Waals surface area contributed by atoms with E-state index in [0.717, 1.165) is 38.5 Å². The average molecular weight is 353 g/mol. The van der Waals surface area contributed by atoms with Crippen molar-refractivity contribution in [3.05, 3.63) is 0 Å². The molecular weight excluding hydrogens is 316 g/mol. The lowest BCUT2D eigenvalue weighted by Gasteiger charge is -2.63. The van der Waals surface area contributed by atoms with Crippen LogP contribution >= 0.6 is 0 Å². The Labute approximate surface area is 151 Å². The number of hydrogen-bond donors (Lipinski definition) is 4. The molecule has 144 valence electrons. The molecule has 0 aromatic rings. The molecule has 0 unspecified atom stereocenters. The first-order valence-electron chi connectivity index (χ1n) is 10.4. The Kier molecular flexibility index (Phi) is 4.13. The van der Waals surface area contributed by atoms with Gasteiger partial charge in [0.1, 0.15) is 0 Å². The van der Waals surface area contributed by atoms with Crippen LogP contribution in [0.15, 0.2) is 0 Å². The third-order valence-corrected chi connectivity index (χ3v) is 9.48. The second-order valence-corrected chi connectivity index (χ2v) is 10.3. The van der Waals surface area contributed by atoms with Gasteiger partial charge in [0.05, 0.1) is 23.9 Å². The Morgan fingerprint density at radius 3 is 2.40 bits per heavy atom. The van der Waals surface area contributed by atoms with Crippen molar-refractivity contribution in [3.63, 3.8) is 0 Å². The van der Waals surface area contributed by atoms with E-state index in [1.54, 1.807) is 6.92 Å². The molecule has 4 saturated carbocycles. The molecule has 0 bridgehead atoms. The highest BCUT2D eigenvalue weighted by Gasteiger charge is 2.67. The van der Waals surface area contributed by atoms with Gasteiger partial charge in [-0.25, -0.2) is 0 Å². The SMILES string of the molecule is C[C@H](O)[C@@]1(O)CC[C@H]2[C@@H]3CC[C@@H]4C[C@H](O)CC[C@]4(C)[C@H]3[C@@H](O)C[C@@]21C. The van der Waals surface area contributed by atoms with E-state index in [9.17, 15) is 20.4 Å². The van der Waals surface area contributed by atoms with Gasteiger partial charge in [0.15, 0.2) is 0 Å². The fourth-order valence-corrected chi connectivity index (χ4v) is 8.09. The van der Waals surface area contributed by atoms with Crippen molar-refractivity contribution in [1.29, 1.82) is 0 Å². The maximum absolute atomic E-state index is 11.3. The molecule has 0 spiro atoms. The molecule has 0 saturated heterocycles. The second kappa shape index (κ2) is 5.67. The molecule has 4 N–H and O–H groups in total. The van der Waals surface area contributed by atoms with Gasteiger partial charge >= 0.3 is 0 Å². The van der Waals surface area contributed by atoms with Gasteiger partial charge in [-0.15, -0.1) is 0 Å². The molecule has 0 aromatic heterocycles. The van der Waals surface area contributed by atoms with E-state index in [1.807, 2.05) is 0 Å². The number of aliphatic hydroxyl groups is 4. The Morgan fingerprint density at radius 2 is 1.72 bits per heavy atom. The fraction of sp³-hybridized carbons (Fsp3) is 1.00. The smallest absolute Gasteiger partial charge is 0.0959 e. The standard InChI is InChI=1S/C21H36O4/c1-12(22)21(25)9-7-16-15-5-4-13-10-14(23)6-8-19(13,2)18(15)17(24)11-20(16,21)3/h12-18,22-25H,4-11H2,1-3H3/t12-,13+,14+,15-,16-,17-,18+,19-,20-,21-/m0/s1. The summed E-state index contributed by atoms with van der Waals surface area (Å²) in [6.45, 7) is 6.16. The predicted octanol–water partition coefficient (Wildman–Crippen LogP) is 2.47. The highest BCUT2D eigenvalue weighted by Crippen LogP contribution is 2.68. The molecule has 10 atom stereocenters. The fourth-order valence-electron chi connectivity index (χ4n) is 8.09. The summed E-state index contributed by atoms with van der Waals surface area (Å²) in [5.41, 5.74) is -1.38. The van der Waals surface area contributed by atoms with Gasteiger partial charge in [0.25, 0.3) is 0 Å². The zero-order valence-corrected chi connectivity index (χ0v) is 16.0. The Balaban J connectivity index is 1.69. The summed E-state index contributed by atoms with van der Waals surface area (Å²) in [6, 6.07) is 0. The van der Waals surface area contributed by atoms with Gasteiger partial charge in [0, 0.05) is 5.41 Å². The number of rotatable bonds is 1. The van der Waals surface area contributed by atoms with Gasteiger partial charge < -0.3 is 20.4 Å².